The highest BCUT2D eigenvalue weighted by Gasteiger charge is 2.29. The van der Waals surface area contributed by atoms with E-state index >= 15 is 0 Å². The number of hydrogen-bond acceptors (Lipinski definition) is 4. The number of alkyl halides is 3. The molecule has 0 aromatic carbocycles. The Balaban J connectivity index is 2.91. The Morgan fingerprint density at radius 1 is 1.50 bits per heavy atom. The molecule has 0 atom stereocenters. The maximum absolute atomic E-state index is 12.2. The van der Waals surface area contributed by atoms with E-state index in [1.54, 1.807) is 6.92 Å². The zero-order chi connectivity index (χ0) is 13.8. The summed E-state index contributed by atoms with van der Waals surface area (Å²) in [5.41, 5.74) is -0.136. The molecule has 0 spiro atoms. The van der Waals surface area contributed by atoms with Gasteiger partial charge < -0.3 is 4.90 Å². The van der Waals surface area contributed by atoms with Gasteiger partial charge in [0.05, 0.1) is 11.3 Å². The summed E-state index contributed by atoms with van der Waals surface area (Å²) in [6.45, 7) is 1.58. The van der Waals surface area contributed by atoms with Crippen LogP contribution < -0.4 is 4.90 Å². The van der Waals surface area contributed by atoms with Crippen molar-refractivity contribution in [1.82, 2.24) is 4.98 Å². The Hall–Kier alpha value is -1.86. The van der Waals surface area contributed by atoms with Crippen LogP contribution in [0, 0.1) is 10.1 Å². The minimum Gasteiger partial charge on any atom is -0.366 e. The number of rotatable bonds is 5. The van der Waals surface area contributed by atoms with Crippen LogP contribution in [0.25, 0.3) is 0 Å². The van der Waals surface area contributed by atoms with Crippen LogP contribution >= 0.6 is 0 Å². The Morgan fingerprint density at radius 2 is 2.17 bits per heavy atom. The van der Waals surface area contributed by atoms with Crippen molar-refractivity contribution in [3.8, 4) is 0 Å². The Labute approximate surface area is 101 Å². The molecular formula is C10H12F3N3O2. The van der Waals surface area contributed by atoms with Crippen LogP contribution in [0.2, 0.25) is 0 Å². The predicted octanol–water partition coefficient (Wildman–Crippen LogP) is 2.77. The number of halogens is 3. The number of anilines is 1. The minimum atomic E-state index is -4.28. The summed E-state index contributed by atoms with van der Waals surface area (Å²) >= 11 is 0. The molecule has 1 heterocycles. The van der Waals surface area contributed by atoms with E-state index in [1.165, 1.54) is 17.2 Å². The number of hydrogen-bond donors (Lipinski definition) is 0. The van der Waals surface area contributed by atoms with Gasteiger partial charge in [-0.3, -0.25) is 15.1 Å². The second-order valence-electron chi connectivity index (χ2n) is 3.57. The Bertz CT molecular complexity index is 423. The highest BCUT2D eigenvalue weighted by atomic mass is 19.4. The normalized spacial score (nSPS) is 11.3. The van der Waals surface area contributed by atoms with E-state index in [-0.39, 0.29) is 24.5 Å². The van der Waals surface area contributed by atoms with Gasteiger partial charge in [0.1, 0.15) is 11.9 Å². The minimum absolute atomic E-state index is 0.154. The maximum atomic E-state index is 12.2. The fourth-order valence-electron chi connectivity index (χ4n) is 1.50. The summed E-state index contributed by atoms with van der Waals surface area (Å²) in [5, 5.41) is 10.8. The molecule has 0 aliphatic carbocycles. The standard InChI is InChI=1S/C10H12F3N3O2/c1-2-15(6-4-10(11,12)13)8-3-5-14-7-9(8)16(17)18/h3,5,7H,2,4,6H2,1H3. The first kappa shape index (κ1) is 14.2. The van der Waals surface area contributed by atoms with Gasteiger partial charge in [0.2, 0.25) is 0 Å². The molecule has 1 aromatic heterocycles. The van der Waals surface area contributed by atoms with E-state index in [4.69, 9.17) is 0 Å². The number of nitro groups is 1. The van der Waals surface area contributed by atoms with E-state index < -0.39 is 17.5 Å². The van der Waals surface area contributed by atoms with Gasteiger partial charge >= 0.3 is 11.9 Å². The third-order valence-electron chi connectivity index (χ3n) is 2.36. The van der Waals surface area contributed by atoms with Crippen molar-refractivity contribution in [2.24, 2.45) is 0 Å². The number of pyridine rings is 1. The Kier molecular flexibility index (Phi) is 4.46. The molecule has 0 saturated carbocycles. The third-order valence-corrected chi connectivity index (χ3v) is 2.36. The van der Waals surface area contributed by atoms with E-state index in [9.17, 15) is 23.3 Å². The van der Waals surface area contributed by atoms with Gasteiger partial charge in [-0.05, 0) is 13.0 Å². The molecular weight excluding hydrogens is 251 g/mol. The van der Waals surface area contributed by atoms with Gasteiger partial charge in [-0.25, -0.2) is 0 Å². The first-order valence-electron chi connectivity index (χ1n) is 5.25. The van der Waals surface area contributed by atoms with Crippen molar-refractivity contribution in [2.75, 3.05) is 18.0 Å². The number of aromatic nitrogens is 1. The van der Waals surface area contributed by atoms with Crippen molar-refractivity contribution in [3.63, 3.8) is 0 Å². The quantitative estimate of drug-likeness (QED) is 0.605. The van der Waals surface area contributed by atoms with E-state index in [1.807, 2.05) is 0 Å². The molecule has 0 unspecified atom stereocenters. The zero-order valence-electron chi connectivity index (χ0n) is 9.65. The first-order valence-corrected chi connectivity index (χ1v) is 5.25. The fraction of sp³-hybridized carbons (Fsp3) is 0.500. The van der Waals surface area contributed by atoms with Crippen LogP contribution in [0.1, 0.15) is 13.3 Å². The fourth-order valence-corrected chi connectivity index (χ4v) is 1.50. The summed E-state index contributed by atoms with van der Waals surface area (Å²) in [5.74, 6) is 0. The topological polar surface area (TPSA) is 59.3 Å². The molecule has 0 radical (unpaired) electrons. The van der Waals surface area contributed by atoms with Crippen molar-refractivity contribution in [3.05, 3.63) is 28.6 Å². The predicted molar refractivity (Wildman–Crippen MR) is 59.5 cm³/mol. The molecule has 0 aliphatic heterocycles. The lowest BCUT2D eigenvalue weighted by Crippen LogP contribution is -2.28. The van der Waals surface area contributed by atoms with E-state index in [0.29, 0.717) is 0 Å². The van der Waals surface area contributed by atoms with Crippen LogP contribution in [-0.2, 0) is 0 Å². The second kappa shape index (κ2) is 5.65. The molecule has 1 aromatic rings. The van der Waals surface area contributed by atoms with Crippen molar-refractivity contribution < 1.29 is 18.1 Å². The van der Waals surface area contributed by atoms with Gasteiger partial charge in [0, 0.05) is 19.3 Å². The summed E-state index contributed by atoms with van der Waals surface area (Å²) in [4.78, 5) is 15.0. The average molecular weight is 263 g/mol. The van der Waals surface area contributed by atoms with Gasteiger partial charge in [-0.1, -0.05) is 0 Å². The highest BCUT2D eigenvalue weighted by molar-refractivity contribution is 5.61. The van der Waals surface area contributed by atoms with E-state index in [2.05, 4.69) is 4.98 Å². The van der Waals surface area contributed by atoms with Gasteiger partial charge in [-0.2, -0.15) is 13.2 Å². The summed E-state index contributed by atoms with van der Waals surface area (Å²) < 4.78 is 36.5. The number of nitrogens with zero attached hydrogens (tertiary/aromatic N) is 3. The van der Waals surface area contributed by atoms with Gasteiger partial charge in [-0.15, -0.1) is 0 Å². The van der Waals surface area contributed by atoms with Crippen molar-refractivity contribution in [1.29, 1.82) is 0 Å². The molecule has 0 amide bonds. The van der Waals surface area contributed by atoms with Crippen LogP contribution in [0.5, 0.6) is 0 Å². The van der Waals surface area contributed by atoms with Gasteiger partial charge in [0.25, 0.3) is 0 Å². The largest absolute Gasteiger partial charge is 0.390 e. The summed E-state index contributed by atoms with van der Waals surface area (Å²) in [7, 11) is 0. The van der Waals surface area contributed by atoms with Crippen LogP contribution in [-0.4, -0.2) is 29.2 Å². The maximum Gasteiger partial charge on any atom is 0.390 e. The smallest absolute Gasteiger partial charge is 0.366 e. The highest BCUT2D eigenvalue weighted by Crippen LogP contribution is 2.28. The second-order valence-corrected chi connectivity index (χ2v) is 3.57. The van der Waals surface area contributed by atoms with Crippen LogP contribution in [0.3, 0.4) is 0 Å². The lowest BCUT2D eigenvalue weighted by Gasteiger charge is -2.23. The lowest BCUT2D eigenvalue weighted by atomic mass is 10.2. The molecule has 0 N–H and O–H groups in total. The molecule has 0 saturated heterocycles. The summed E-state index contributed by atoms with van der Waals surface area (Å²) in [6.07, 6.45) is -2.94. The molecule has 5 nitrogen and oxygen atoms in total. The molecule has 1 rings (SSSR count). The molecule has 0 bridgehead atoms. The van der Waals surface area contributed by atoms with Crippen molar-refractivity contribution in [2.45, 2.75) is 19.5 Å². The molecule has 8 heteroatoms. The monoisotopic (exact) mass is 263 g/mol. The van der Waals surface area contributed by atoms with E-state index in [0.717, 1.165) is 6.20 Å². The van der Waals surface area contributed by atoms with Crippen LogP contribution in [0.15, 0.2) is 18.5 Å². The zero-order valence-corrected chi connectivity index (χ0v) is 9.65. The molecule has 100 valence electrons. The van der Waals surface area contributed by atoms with Crippen molar-refractivity contribution >= 4 is 11.4 Å². The summed E-state index contributed by atoms with van der Waals surface area (Å²) in [6, 6.07) is 1.35. The molecule has 0 fully saturated rings. The average Bonchev–Trinajstić information content (AvgIpc) is 2.28. The SMILES string of the molecule is CCN(CCC(F)(F)F)c1ccncc1[N+](=O)[O-]. The van der Waals surface area contributed by atoms with Gasteiger partial charge in [0.15, 0.2) is 0 Å². The molecule has 0 aliphatic rings. The molecule has 18 heavy (non-hydrogen) atoms. The Morgan fingerprint density at radius 3 is 2.67 bits per heavy atom. The first-order chi connectivity index (χ1) is 8.35. The lowest BCUT2D eigenvalue weighted by molar-refractivity contribution is -0.384. The third kappa shape index (κ3) is 3.86. The van der Waals surface area contributed by atoms with Crippen LogP contribution in [0.4, 0.5) is 24.5 Å².